The summed E-state index contributed by atoms with van der Waals surface area (Å²) in [5, 5.41) is 7.41. The minimum atomic E-state index is -0.952. The second-order valence-corrected chi connectivity index (χ2v) is 8.99. The second kappa shape index (κ2) is 14.0. The maximum absolute atomic E-state index is 13.0. The fourth-order valence-corrected chi connectivity index (χ4v) is 3.70. The van der Waals surface area contributed by atoms with Crippen molar-refractivity contribution in [3.05, 3.63) is 94.0 Å². The van der Waals surface area contributed by atoms with Crippen molar-refractivity contribution >= 4 is 47.1 Å². The highest BCUT2D eigenvalue weighted by Crippen LogP contribution is 2.28. The van der Waals surface area contributed by atoms with E-state index >= 15 is 0 Å². The number of nitrogens with two attached hydrogens (primary N) is 1. The summed E-state index contributed by atoms with van der Waals surface area (Å²) in [6.07, 6.45) is 0.676. The van der Waals surface area contributed by atoms with Gasteiger partial charge in [0.15, 0.2) is 12.7 Å². The molecule has 0 saturated carbocycles. The Morgan fingerprint density at radius 2 is 1.76 bits per heavy atom. The third-order valence-corrected chi connectivity index (χ3v) is 5.64. The highest BCUT2D eigenvalue weighted by Gasteiger charge is 2.25. The van der Waals surface area contributed by atoms with Crippen LogP contribution in [-0.4, -0.2) is 42.7 Å². The minimum absolute atomic E-state index is 0.221. The van der Waals surface area contributed by atoms with Crippen molar-refractivity contribution in [2.75, 3.05) is 6.61 Å². The summed E-state index contributed by atoms with van der Waals surface area (Å²) >= 11 is 12.1. The molecule has 3 aromatic carbocycles. The number of nitrogens with zero attached hydrogens (tertiary/aromatic N) is 1. The molecule has 3 aromatic rings. The standard InChI is InChI=1S/C27H26Cl2N4O5/c1-17(38-24-11-10-20(28)14-22(24)29)26(35)32-23(13-18-6-3-2-4-7-18)27(36)33-31-15-19-8-5-9-21(12-19)37-16-25(30)34/h2-12,14-15,17,23H,13,16H2,1H3,(H2,30,34)(H,32,35)(H,33,36)/b31-15-/t17-,23-/m1/s1. The van der Waals surface area contributed by atoms with E-state index in [-0.39, 0.29) is 23.8 Å². The van der Waals surface area contributed by atoms with Crippen molar-refractivity contribution < 1.29 is 23.9 Å². The zero-order valence-electron chi connectivity index (χ0n) is 20.4. The average Bonchev–Trinajstić information content (AvgIpc) is 2.89. The van der Waals surface area contributed by atoms with Crippen molar-refractivity contribution in [2.24, 2.45) is 10.8 Å². The lowest BCUT2D eigenvalue weighted by molar-refractivity contribution is -0.132. The number of benzene rings is 3. The van der Waals surface area contributed by atoms with Gasteiger partial charge >= 0.3 is 0 Å². The first-order valence-electron chi connectivity index (χ1n) is 11.5. The summed E-state index contributed by atoms with van der Waals surface area (Å²) in [5.41, 5.74) is 8.99. The van der Waals surface area contributed by atoms with Gasteiger partial charge in [0, 0.05) is 11.4 Å². The van der Waals surface area contributed by atoms with Gasteiger partial charge in [-0.1, -0.05) is 65.7 Å². The van der Waals surface area contributed by atoms with Gasteiger partial charge in [-0.05, 0) is 48.4 Å². The Bertz CT molecular complexity index is 1300. The summed E-state index contributed by atoms with van der Waals surface area (Å²) in [4.78, 5) is 36.8. The lowest BCUT2D eigenvalue weighted by atomic mass is 10.1. The molecular formula is C27H26Cl2N4O5. The lowest BCUT2D eigenvalue weighted by Gasteiger charge is -2.21. The van der Waals surface area contributed by atoms with Crippen LogP contribution in [0.4, 0.5) is 0 Å². The van der Waals surface area contributed by atoms with Crippen molar-refractivity contribution in [1.29, 1.82) is 0 Å². The van der Waals surface area contributed by atoms with Crippen molar-refractivity contribution in [2.45, 2.75) is 25.5 Å². The molecule has 38 heavy (non-hydrogen) atoms. The highest BCUT2D eigenvalue weighted by molar-refractivity contribution is 6.35. The Morgan fingerprint density at radius 3 is 2.47 bits per heavy atom. The van der Waals surface area contributed by atoms with Crippen LogP contribution in [0.5, 0.6) is 11.5 Å². The molecule has 0 unspecified atom stereocenters. The molecule has 2 atom stereocenters. The number of rotatable bonds is 12. The second-order valence-electron chi connectivity index (χ2n) is 8.15. The quantitative estimate of drug-likeness (QED) is 0.232. The number of hydrazone groups is 1. The number of halogens is 2. The normalized spacial score (nSPS) is 12.4. The Labute approximate surface area is 229 Å². The van der Waals surface area contributed by atoms with Crippen LogP contribution in [0.1, 0.15) is 18.1 Å². The smallest absolute Gasteiger partial charge is 0.262 e. The molecule has 0 saturated heterocycles. The van der Waals surface area contributed by atoms with Gasteiger partial charge in [-0.15, -0.1) is 0 Å². The predicted octanol–water partition coefficient (Wildman–Crippen LogP) is 3.50. The van der Waals surface area contributed by atoms with Crippen LogP contribution in [0.15, 0.2) is 77.9 Å². The molecule has 0 radical (unpaired) electrons. The van der Waals surface area contributed by atoms with Crippen LogP contribution in [0.25, 0.3) is 0 Å². The van der Waals surface area contributed by atoms with Crippen LogP contribution in [0, 0.1) is 0 Å². The molecule has 0 aromatic heterocycles. The summed E-state index contributed by atoms with van der Waals surface area (Å²) in [7, 11) is 0. The number of amides is 3. The molecule has 4 N–H and O–H groups in total. The summed E-state index contributed by atoms with van der Waals surface area (Å²) in [5.74, 6) is -0.942. The highest BCUT2D eigenvalue weighted by atomic mass is 35.5. The molecular weight excluding hydrogens is 531 g/mol. The molecule has 11 heteroatoms. The molecule has 3 rings (SSSR count). The van der Waals surface area contributed by atoms with Gasteiger partial charge in [-0.3, -0.25) is 14.4 Å². The van der Waals surface area contributed by atoms with Gasteiger partial charge in [-0.25, -0.2) is 5.43 Å². The fraction of sp³-hybridized carbons (Fsp3) is 0.185. The van der Waals surface area contributed by atoms with E-state index in [2.05, 4.69) is 15.8 Å². The average molecular weight is 557 g/mol. The van der Waals surface area contributed by atoms with Crippen LogP contribution >= 0.6 is 23.2 Å². The fourth-order valence-electron chi connectivity index (χ4n) is 3.25. The predicted molar refractivity (Wildman–Crippen MR) is 145 cm³/mol. The van der Waals surface area contributed by atoms with Crippen molar-refractivity contribution in [3.8, 4) is 11.5 Å². The van der Waals surface area contributed by atoms with Crippen LogP contribution in [0.3, 0.4) is 0 Å². The lowest BCUT2D eigenvalue weighted by Crippen LogP contribution is -2.50. The van der Waals surface area contributed by atoms with Gasteiger partial charge in [0.25, 0.3) is 17.7 Å². The third kappa shape index (κ3) is 9.10. The monoisotopic (exact) mass is 556 g/mol. The molecule has 0 spiro atoms. The zero-order chi connectivity index (χ0) is 27.5. The number of nitrogens with one attached hydrogen (secondary N) is 2. The summed E-state index contributed by atoms with van der Waals surface area (Å²) in [6.45, 7) is 1.29. The number of hydrogen-bond acceptors (Lipinski definition) is 6. The van der Waals surface area contributed by atoms with Crippen molar-refractivity contribution in [3.63, 3.8) is 0 Å². The third-order valence-electron chi connectivity index (χ3n) is 5.11. The Morgan fingerprint density at radius 1 is 1.00 bits per heavy atom. The number of ether oxygens (including phenoxy) is 2. The van der Waals surface area contributed by atoms with Gasteiger partial charge in [-0.2, -0.15) is 5.10 Å². The first-order valence-corrected chi connectivity index (χ1v) is 12.3. The van der Waals surface area contributed by atoms with E-state index in [1.54, 1.807) is 43.3 Å². The Balaban J connectivity index is 1.67. The number of carbonyl (C=O) groups excluding carboxylic acids is 3. The summed E-state index contributed by atoms with van der Waals surface area (Å²) < 4.78 is 10.9. The summed E-state index contributed by atoms with van der Waals surface area (Å²) in [6, 6.07) is 19.7. The maximum Gasteiger partial charge on any atom is 0.262 e. The molecule has 0 aliphatic rings. The van der Waals surface area contributed by atoms with E-state index in [0.29, 0.717) is 16.3 Å². The van der Waals surface area contributed by atoms with Gasteiger partial charge in [0.05, 0.1) is 11.2 Å². The molecule has 9 nitrogen and oxygen atoms in total. The molecule has 3 amide bonds. The van der Waals surface area contributed by atoms with E-state index in [1.165, 1.54) is 12.3 Å². The first kappa shape index (κ1) is 28.5. The van der Waals surface area contributed by atoms with E-state index in [9.17, 15) is 14.4 Å². The Kier molecular flexibility index (Phi) is 10.5. The zero-order valence-corrected chi connectivity index (χ0v) is 21.9. The van der Waals surface area contributed by atoms with E-state index in [4.69, 9.17) is 38.4 Å². The SMILES string of the molecule is C[C@@H](Oc1ccc(Cl)cc1Cl)C(=O)N[C@H](Cc1ccccc1)C(=O)N/N=C\c1cccc(OCC(N)=O)c1. The Hall–Kier alpha value is -4.08. The van der Waals surface area contributed by atoms with Crippen molar-refractivity contribution in [1.82, 2.24) is 10.7 Å². The topological polar surface area (TPSA) is 132 Å². The first-order chi connectivity index (χ1) is 18.2. The number of hydrogen-bond donors (Lipinski definition) is 3. The largest absolute Gasteiger partial charge is 0.484 e. The van der Waals surface area contributed by atoms with Gasteiger partial charge in [0.1, 0.15) is 17.5 Å². The van der Waals surface area contributed by atoms with E-state index < -0.39 is 29.9 Å². The van der Waals surface area contributed by atoms with E-state index in [1.807, 2.05) is 30.3 Å². The maximum atomic E-state index is 13.0. The molecule has 0 aliphatic heterocycles. The van der Waals surface area contributed by atoms with Crippen LogP contribution in [-0.2, 0) is 20.8 Å². The number of primary amides is 1. The minimum Gasteiger partial charge on any atom is -0.484 e. The molecule has 198 valence electrons. The van der Waals surface area contributed by atoms with Crippen LogP contribution < -0.4 is 25.9 Å². The van der Waals surface area contributed by atoms with Crippen LogP contribution in [0.2, 0.25) is 10.0 Å². The van der Waals surface area contributed by atoms with Gasteiger partial charge in [0.2, 0.25) is 0 Å². The molecule has 0 heterocycles. The molecule has 0 aliphatic carbocycles. The molecule has 0 bridgehead atoms. The molecule has 0 fully saturated rings. The number of carbonyl (C=O) groups is 3. The van der Waals surface area contributed by atoms with Gasteiger partial charge < -0.3 is 20.5 Å². The van der Waals surface area contributed by atoms with E-state index in [0.717, 1.165) is 5.56 Å².